The molecule has 0 aliphatic carbocycles. The largest absolute Gasteiger partial charge is 0.379 e. The molecule has 0 amide bonds. The monoisotopic (exact) mass is 444 g/mol. The number of hydrogen-bond acceptors (Lipinski definition) is 4. The zero-order chi connectivity index (χ0) is 22.1. The van der Waals surface area contributed by atoms with Crippen molar-refractivity contribution in [2.24, 2.45) is 0 Å². The van der Waals surface area contributed by atoms with E-state index in [-0.39, 0.29) is 0 Å². The van der Waals surface area contributed by atoms with Gasteiger partial charge in [0.2, 0.25) is 4.77 Å². The third-order valence-electron chi connectivity index (χ3n) is 6.17. The van der Waals surface area contributed by atoms with E-state index in [1.54, 1.807) is 0 Å². The molecule has 0 N–H and O–H groups in total. The minimum atomic E-state index is 0.683. The predicted octanol–water partition coefficient (Wildman–Crippen LogP) is 5.05. The highest BCUT2D eigenvalue weighted by Gasteiger charge is 2.18. The first-order valence-electron chi connectivity index (χ1n) is 11.1. The lowest BCUT2D eigenvalue weighted by molar-refractivity contribution is 0.0209. The number of ether oxygens (including phenoxy) is 1. The highest BCUT2D eigenvalue weighted by Crippen LogP contribution is 2.24. The highest BCUT2D eigenvalue weighted by molar-refractivity contribution is 7.71. The SMILES string of the molecule is Cc1ccc(-n2c(Cc3cccc4ccccc34)nn(CN3CCOCC3)c2=S)c(C)c1. The summed E-state index contributed by atoms with van der Waals surface area (Å²) in [5, 5.41) is 7.54. The Hall–Kier alpha value is -2.80. The maximum Gasteiger partial charge on any atom is 0.203 e. The van der Waals surface area contributed by atoms with Gasteiger partial charge in [-0.2, -0.15) is 5.10 Å². The van der Waals surface area contributed by atoms with Gasteiger partial charge in [-0.05, 0) is 54.0 Å². The minimum Gasteiger partial charge on any atom is -0.379 e. The number of nitrogens with zero attached hydrogens (tertiary/aromatic N) is 4. The average Bonchev–Trinajstić information content (AvgIpc) is 3.09. The van der Waals surface area contributed by atoms with Crippen LogP contribution in [0.2, 0.25) is 0 Å². The van der Waals surface area contributed by atoms with Crippen LogP contribution in [0.3, 0.4) is 0 Å². The lowest BCUT2D eigenvalue weighted by Gasteiger charge is -2.26. The molecule has 6 heteroatoms. The zero-order valence-corrected chi connectivity index (χ0v) is 19.4. The van der Waals surface area contributed by atoms with Crippen molar-refractivity contribution >= 4 is 23.0 Å². The van der Waals surface area contributed by atoms with Gasteiger partial charge in [0, 0.05) is 19.5 Å². The van der Waals surface area contributed by atoms with Gasteiger partial charge in [-0.1, -0.05) is 60.2 Å². The predicted molar refractivity (Wildman–Crippen MR) is 131 cm³/mol. The maximum absolute atomic E-state index is 5.97. The zero-order valence-electron chi connectivity index (χ0n) is 18.6. The fourth-order valence-corrected chi connectivity index (χ4v) is 4.81. The molecule has 5 rings (SSSR count). The molecule has 1 saturated heterocycles. The van der Waals surface area contributed by atoms with Crippen LogP contribution in [0.4, 0.5) is 0 Å². The van der Waals surface area contributed by atoms with Crippen LogP contribution in [0.5, 0.6) is 0 Å². The smallest absolute Gasteiger partial charge is 0.203 e. The molecule has 4 aromatic rings. The van der Waals surface area contributed by atoms with Crippen molar-refractivity contribution < 1.29 is 4.74 Å². The number of benzene rings is 3. The Morgan fingerprint density at radius 1 is 0.969 bits per heavy atom. The van der Waals surface area contributed by atoms with E-state index >= 15 is 0 Å². The van der Waals surface area contributed by atoms with Gasteiger partial charge in [0.15, 0.2) is 0 Å². The van der Waals surface area contributed by atoms with Crippen LogP contribution in [-0.2, 0) is 17.8 Å². The lowest BCUT2D eigenvalue weighted by Crippen LogP contribution is -2.37. The lowest BCUT2D eigenvalue weighted by atomic mass is 10.0. The number of rotatable bonds is 5. The topological polar surface area (TPSA) is 35.2 Å². The fourth-order valence-electron chi connectivity index (χ4n) is 4.51. The van der Waals surface area contributed by atoms with E-state index < -0.39 is 0 Å². The molecule has 5 nitrogen and oxygen atoms in total. The molecule has 0 atom stereocenters. The van der Waals surface area contributed by atoms with Crippen LogP contribution < -0.4 is 0 Å². The Kier molecular flexibility index (Phi) is 5.91. The van der Waals surface area contributed by atoms with E-state index in [0.29, 0.717) is 13.1 Å². The van der Waals surface area contributed by atoms with Gasteiger partial charge in [0.05, 0.1) is 25.6 Å². The van der Waals surface area contributed by atoms with Crippen molar-refractivity contribution in [3.8, 4) is 5.69 Å². The van der Waals surface area contributed by atoms with Crippen molar-refractivity contribution in [3.05, 3.63) is 87.9 Å². The molecular weight excluding hydrogens is 416 g/mol. The first-order valence-corrected chi connectivity index (χ1v) is 11.5. The molecule has 0 unspecified atom stereocenters. The van der Waals surface area contributed by atoms with E-state index in [0.717, 1.165) is 42.6 Å². The summed E-state index contributed by atoms with van der Waals surface area (Å²) < 4.78 is 10.4. The number of morpholine rings is 1. The highest BCUT2D eigenvalue weighted by atomic mass is 32.1. The summed E-state index contributed by atoms with van der Waals surface area (Å²) in [6.07, 6.45) is 0.717. The Morgan fingerprint density at radius 3 is 2.56 bits per heavy atom. The molecule has 0 spiro atoms. The molecule has 1 aromatic heterocycles. The quantitative estimate of drug-likeness (QED) is 0.403. The van der Waals surface area contributed by atoms with Gasteiger partial charge >= 0.3 is 0 Å². The molecule has 1 fully saturated rings. The normalized spacial score (nSPS) is 14.8. The summed E-state index contributed by atoms with van der Waals surface area (Å²) in [6, 6.07) is 21.5. The van der Waals surface area contributed by atoms with Gasteiger partial charge in [-0.3, -0.25) is 9.47 Å². The Morgan fingerprint density at radius 2 is 1.75 bits per heavy atom. The van der Waals surface area contributed by atoms with E-state index in [1.165, 1.54) is 27.5 Å². The van der Waals surface area contributed by atoms with Crippen molar-refractivity contribution in [3.63, 3.8) is 0 Å². The van der Waals surface area contributed by atoms with Crippen LogP contribution in [0, 0.1) is 18.6 Å². The molecule has 164 valence electrons. The molecule has 0 radical (unpaired) electrons. The Balaban J connectivity index is 1.61. The van der Waals surface area contributed by atoms with Crippen LogP contribution in [0.1, 0.15) is 22.5 Å². The molecule has 1 aliphatic heterocycles. The van der Waals surface area contributed by atoms with E-state index in [1.807, 2.05) is 4.68 Å². The third-order valence-corrected chi connectivity index (χ3v) is 6.56. The standard InChI is InChI=1S/C26H28N4OS/c1-19-10-11-24(20(2)16-19)30-25(17-22-8-5-7-21-6-3-4-9-23(21)22)27-29(26(30)32)18-28-12-14-31-15-13-28/h3-11,16H,12-15,17-18H2,1-2H3. The molecule has 0 bridgehead atoms. The second kappa shape index (κ2) is 8.98. The summed E-state index contributed by atoms with van der Waals surface area (Å²) in [7, 11) is 0. The van der Waals surface area contributed by atoms with Gasteiger partial charge in [0.25, 0.3) is 0 Å². The van der Waals surface area contributed by atoms with Crippen molar-refractivity contribution in [1.29, 1.82) is 0 Å². The van der Waals surface area contributed by atoms with Gasteiger partial charge in [0.1, 0.15) is 5.82 Å². The summed E-state index contributed by atoms with van der Waals surface area (Å²) in [4.78, 5) is 2.35. The average molecular weight is 445 g/mol. The summed E-state index contributed by atoms with van der Waals surface area (Å²) in [5.41, 5.74) is 4.80. The van der Waals surface area contributed by atoms with E-state index in [2.05, 4.69) is 84.0 Å². The second-order valence-corrected chi connectivity index (χ2v) is 8.88. The van der Waals surface area contributed by atoms with Gasteiger partial charge in [-0.25, -0.2) is 4.68 Å². The summed E-state index contributed by atoms with van der Waals surface area (Å²) in [5.74, 6) is 0.964. The fraction of sp³-hybridized carbons (Fsp3) is 0.308. The van der Waals surface area contributed by atoms with Crippen molar-refractivity contribution in [1.82, 2.24) is 19.2 Å². The summed E-state index contributed by atoms with van der Waals surface area (Å²) >= 11 is 5.97. The van der Waals surface area contributed by atoms with E-state index in [9.17, 15) is 0 Å². The first kappa shape index (κ1) is 21.1. The van der Waals surface area contributed by atoms with Crippen molar-refractivity contribution in [2.45, 2.75) is 26.9 Å². The number of hydrogen-bond donors (Lipinski definition) is 0. The molecule has 1 aliphatic rings. The minimum absolute atomic E-state index is 0.683. The molecule has 32 heavy (non-hydrogen) atoms. The molecule has 2 heterocycles. The van der Waals surface area contributed by atoms with Gasteiger partial charge < -0.3 is 4.74 Å². The Bertz CT molecular complexity index is 1310. The number of fused-ring (bicyclic) bond motifs is 1. The molecule has 0 saturated carbocycles. The van der Waals surface area contributed by atoms with Crippen LogP contribution in [0.25, 0.3) is 16.5 Å². The first-order chi connectivity index (χ1) is 15.6. The maximum atomic E-state index is 5.97. The molecule has 3 aromatic carbocycles. The van der Waals surface area contributed by atoms with Crippen molar-refractivity contribution in [2.75, 3.05) is 26.3 Å². The molecular formula is C26H28N4OS. The summed E-state index contributed by atoms with van der Waals surface area (Å²) in [6.45, 7) is 8.26. The van der Waals surface area contributed by atoms with Crippen LogP contribution >= 0.6 is 12.2 Å². The third kappa shape index (κ3) is 4.13. The second-order valence-electron chi connectivity index (χ2n) is 8.51. The number of aromatic nitrogens is 3. The Labute approximate surface area is 193 Å². The van der Waals surface area contributed by atoms with Crippen LogP contribution in [-0.4, -0.2) is 45.6 Å². The van der Waals surface area contributed by atoms with Gasteiger partial charge in [-0.15, -0.1) is 0 Å². The number of aryl methyl sites for hydroxylation is 2. The van der Waals surface area contributed by atoms with E-state index in [4.69, 9.17) is 22.1 Å². The van der Waals surface area contributed by atoms with Crippen LogP contribution in [0.15, 0.2) is 60.7 Å².